The molecule has 0 fully saturated rings. The van der Waals surface area contributed by atoms with E-state index in [0.717, 1.165) is 11.3 Å². The van der Waals surface area contributed by atoms with Crippen LogP contribution in [-0.4, -0.2) is 30.3 Å². The van der Waals surface area contributed by atoms with Crippen LogP contribution < -0.4 is 15.4 Å². The molecule has 0 atom stereocenters. The van der Waals surface area contributed by atoms with Crippen LogP contribution >= 0.6 is 22.9 Å². The quantitative estimate of drug-likeness (QED) is 0.907. The number of ether oxygens (including phenoxy) is 1. The fraction of sp³-hybridized carbons (Fsp3) is 0.182. The number of hydrogen-bond acceptors (Lipinski definition) is 6. The smallest absolute Gasteiger partial charge is 0.286 e. The Morgan fingerprint density at radius 2 is 2.21 bits per heavy atom. The summed E-state index contributed by atoms with van der Waals surface area (Å²) in [6.45, 7) is 0. The molecule has 0 unspecified atom stereocenters. The number of aromatic nitrogens is 2. The highest BCUT2D eigenvalue weighted by molar-refractivity contribution is 7.17. The Hall–Kier alpha value is -1.86. The Morgan fingerprint density at radius 3 is 2.84 bits per heavy atom. The van der Waals surface area contributed by atoms with Gasteiger partial charge in [0.15, 0.2) is 0 Å². The van der Waals surface area contributed by atoms with E-state index in [-0.39, 0.29) is 10.9 Å². The highest BCUT2D eigenvalue weighted by Crippen LogP contribution is 2.28. The molecule has 2 aromatic rings. The Morgan fingerprint density at radius 1 is 1.42 bits per heavy atom. The molecule has 0 bridgehead atoms. The van der Waals surface area contributed by atoms with Crippen molar-refractivity contribution in [2.24, 2.45) is 0 Å². The second kappa shape index (κ2) is 5.85. The molecule has 0 aliphatic heterocycles. The van der Waals surface area contributed by atoms with E-state index in [2.05, 4.69) is 20.8 Å². The number of carbonyl (C=O) groups is 1. The molecule has 1 heterocycles. The van der Waals surface area contributed by atoms with E-state index in [1.54, 1.807) is 25.2 Å². The summed E-state index contributed by atoms with van der Waals surface area (Å²) in [7, 11) is 3.23. The van der Waals surface area contributed by atoms with Gasteiger partial charge in [-0.15, -0.1) is 10.2 Å². The number of anilines is 2. The average Bonchev–Trinajstić information content (AvgIpc) is 2.88. The molecule has 8 heteroatoms. The molecule has 19 heavy (non-hydrogen) atoms. The van der Waals surface area contributed by atoms with E-state index in [1.807, 2.05) is 0 Å². The lowest BCUT2D eigenvalue weighted by Crippen LogP contribution is -2.12. The molecule has 100 valence electrons. The third-order valence-corrected chi connectivity index (χ3v) is 3.42. The van der Waals surface area contributed by atoms with Crippen LogP contribution in [-0.2, 0) is 0 Å². The summed E-state index contributed by atoms with van der Waals surface area (Å²) in [5.41, 5.74) is 0.487. The zero-order valence-corrected chi connectivity index (χ0v) is 11.8. The van der Waals surface area contributed by atoms with Crippen LogP contribution in [0, 0.1) is 0 Å². The normalized spacial score (nSPS) is 10.1. The van der Waals surface area contributed by atoms with Gasteiger partial charge in [-0.1, -0.05) is 22.9 Å². The summed E-state index contributed by atoms with van der Waals surface area (Å²) in [6, 6.07) is 4.97. The summed E-state index contributed by atoms with van der Waals surface area (Å²) in [4.78, 5) is 12.0. The van der Waals surface area contributed by atoms with Gasteiger partial charge in [0.25, 0.3) is 5.91 Å². The summed E-state index contributed by atoms with van der Waals surface area (Å²) < 4.78 is 5.15. The first kappa shape index (κ1) is 13.6. The van der Waals surface area contributed by atoms with Crippen molar-refractivity contribution in [3.05, 3.63) is 28.2 Å². The number of nitrogens with one attached hydrogen (secondary N) is 2. The summed E-state index contributed by atoms with van der Waals surface area (Å²) in [6.07, 6.45) is 0. The second-order valence-corrected chi connectivity index (χ2v) is 4.88. The number of halogens is 1. The number of hydrogen-bond donors (Lipinski definition) is 2. The van der Waals surface area contributed by atoms with Gasteiger partial charge in [0.2, 0.25) is 10.1 Å². The van der Waals surface area contributed by atoms with E-state index >= 15 is 0 Å². The Balaban J connectivity index is 2.20. The van der Waals surface area contributed by atoms with Crippen LogP contribution in [0.2, 0.25) is 5.02 Å². The number of carbonyl (C=O) groups excluding carboxylic acids is 1. The first-order chi connectivity index (χ1) is 9.13. The van der Waals surface area contributed by atoms with E-state index in [4.69, 9.17) is 16.3 Å². The molecular weight excluding hydrogens is 288 g/mol. The molecule has 0 saturated heterocycles. The predicted octanol–water partition coefficient (Wildman–Crippen LogP) is 2.49. The SMILES string of the molecule is CNc1nnc(C(=O)Nc2cc(Cl)ccc2OC)s1. The van der Waals surface area contributed by atoms with Crippen molar-refractivity contribution < 1.29 is 9.53 Å². The Labute approximate surface area is 118 Å². The van der Waals surface area contributed by atoms with Gasteiger partial charge in [-0.2, -0.15) is 0 Å². The van der Waals surface area contributed by atoms with E-state index in [1.165, 1.54) is 7.11 Å². The van der Waals surface area contributed by atoms with Gasteiger partial charge in [-0.05, 0) is 18.2 Å². The van der Waals surface area contributed by atoms with E-state index < -0.39 is 0 Å². The zero-order valence-electron chi connectivity index (χ0n) is 10.2. The molecule has 1 amide bonds. The first-order valence-electron chi connectivity index (χ1n) is 5.30. The molecule has 2 rings (SSSR count). The third-order valence-electron chi connectivity index (χ3n) is 2.24. The van der Waals surface area contributed by atoms with Crippen molar-refractivity contribution in [1.29, 1.82) is 0 Å². The van der Waals surface area contributed by atoms with Gasteiger partial charge < -0.3 is 15.4 Å². The fourth-order valence-electron chi connectivity index (χ4n) is 1.37. The van der Waals surface area contributed by atoms with Crippen molar-refractivity contribution in [2.75, 3.05) is 24.8 Å². The van der Waals surface area contributed by atoms with Crippen LogP contribution in [0.3, 0.4) is 0 Å². The van der Waals surface area contributed by atoms with Crippen LogP contribution in [0.15, 0.2) is 18.2 Å². The van der Waals surface area contributed by atoms with Crippen molar-refractivity contribution in [3.63, 3.8) is 0 Å². The molecule has 0 spiro atoms. The van der Waals surface area contributed by atoms with Crippen molar-refractivity contribution >= 4 is 39.7 Å². The van der Waals surface area contributed by atoms with Crippen LogP contribution in [0.1, 0.15) is 9.80 Å². The maximum absolute atomic E-state index is 12.0. The maximum atomic E-state index is 12.0. The van der Waals surface area contributed by atoms with Crippen molar-refractivity contribution in [2.45, 2.75) is 0 Å². The van der Waals surface area contributed by atoms with Gasteiger partial charge >= 0.3 is 0 Å². The standard InChI is InChI=1S/C11H11ClN4O2S/c1-13-11-16-15-10(19-11)9(17)14-7-5-6(12)3-4-8(7)18-2/h3-5H,1-2H3,(H,13,16)(H,14,17). The van der Waals surface area contributed by atoms with Gasteiger partial charge in [0.1, 0.15) is 5.75 Å². The van der Waals surface area contributed by atoms with E-state index in [0.29, 0.717) is 21.6 Å². The highest BCUT2D eigenvalue weighted by Gasteiger charge is 2.14. The van der Waals surface area contributed by atoms with Crippen molar-refractivity contribution in [1.82, 2.24) is 10.2 Å². The number of benzene rings is 1. The largest absolute Gasteiger partial charge is 0.495 e. The lowest BCUT2D eigenvalue weighted by Gasteiger charge is -2.09. The lowest BCUT2D eigenvalue weighted by atomic mass is 10.3. The molecule has 6 nitrogen and oxygen atoms in total. The molecule has 1 aromatic heterocycles. The van der Waals surface area contributed by atoms with Gasteiger partial charge in [0.05, 0.1) is 12.8 Å². The predicted molar refractivity (Wildman–Crippen MR) is 75.4 cm³/mol. The first-order valence-corrected chi connectivity index (χ1v) is 6.49. The Kier molecular flexibility index (Phi) is 4.18. The minimum Gasteiger partial charge on any atom is -0.495 e. The van der Waals surface area contributed by atoms with Crippen LogP contribution in [0.4, 0.5) is 10.8 Å². The molecule has 2 N–H and O–H groups in total. The minimum absolute atomic E-state index is 0.256. The highest BCUT2D eigenvalue weighted by atomic mass is 35.5. The lowest BCUT2D eigenvalue weighted by molar-refractivity contribution is 0.102. The second-order valence-electron chi connectivity index (χ2n) is 3.46. The molecule has 1 aromatic carbocycles. The summed E-state index contributed by atoms with van der Waals surface area (Å²) in [5, 5.41) is 14.4. The van der Waals surface area contributed by atoms with Gasteiger partial charge in [-0.25, -0.2) is 0 Å². The molecule has 0 aliphatic carbocycles. The van der Waals surface area contributed by atoms with Gasteiger partial charge in [0, 0.05) is 12.1 Å². The topological polar surface area (TPSA) is 76.1 Å². The van der Waals surface area contributed by atoms with Crippen LogP contribution in [0.25, 0.3) is 0 Å². The summed E-state index contributed by atoms with van der Waals surface area (Å²) in [5.74, 6) is 0.163. The zero-order chi connectivity index (χ0) is 13.8. The maximum Gasteiger partial charge on any atom is 0.286 e. The number of nitrogens with zero attached hydrogens (tertiary/aromatic N) is 2. The number of amides is 1. The van der Waals surface area contributed by atoms with E-state index in [9.17, 15) is 4.79 Å². The van der Waals surface area contributed by atoms with Crippen molar-refractivity contribution in [3.8, 4) is 5.75 Å². The monoisotopic (exact) mass is 298 g/mol. The number of rotatable bonds is 4. The average molecular weight is 299 g/mol. The fourth-order valence-corrected chi connectivity index (χ4v) is 2.13. The molecule has 0 aliphatic rings. The summed E-state index contributed by atoms with van der Waals surface area (Å²) >= 11 is 7.05. The van der Waals surface area contributed by atoms with Crippen LogP contribution in [0.5, 0.6) is 5.75 Å². The molecule has 0 saturated carbocycles. The molecule has 0 radical (unpaired) electrons. The third kappa shape index (κ3) is 3.12. The van der Waals surface area contributed by atoms with Gasteiger partial charge in [-0.3, -0.25) is 4.79 Å². The minimum atomic E-state index is -0.362. The Bertz CT molecular complexity index is 602. The molecular formula is C11H11ClN4O2S. The number of methoxy groups -OCH3 is 1.